The Morgan fingerprint density at radius 2 is 2.04 bits per heavy atom. The van der Waals surface area contributed by atoms with Crippen LogP contribution in [0.5, 0.6) is 0 Å². The van der Waals surface area contributed by atoms with Crippen molar-refractivity contribution in [1.29, 1.82) is 0 Å². The van der Waals surface area contributed by atoms with Crippen LogP contribution in [0.2, 0.25) is 0 Å². The van der Waals surface area contributed by atoms with E-state index in [2.05, 4.69) is 10.4 Å². The van der Waals surface area contributed by atoms with E-state index in [-0.39, 0.29) is 35.9 Å². The summed E-state index contributed by atoms with van der Waals surface area (Å²) in [5.41, 5.74) is 1.32. The van der Waals surface area contributed by atoms with Crippen LogP contribution in [0.3, 0.4) is 0 Å². The quantitative estimate of drug-likeness (QED) is 0.711. The van der Waals surface area contributed by atoms with Crippen molar-refractivity contribution in [2.45, 2.75) is 44.6 Å². The van der Waals surface area contributed by atoms with Crippen LogP contribution in [-0.4, -0.2) is 32.9 Å². The van der Waals surface area contributed by atoms with Gasteiger partial charge in [-0.3, -0.25) is 14.7 Å². The number of aliphatic hydroxyl groups is 1. The number of nitrogens with one attached hydrogen (secondary N) is 2. The largest absolute Gasteiger partial charge is 0.396 e. The third kappa shape index (κ3) is 3.82. The Morgan fingerprint density at radius 1 is 1.36 bits per heavy atom. The van der Waals surface area contributed by atoms with Gasteiger partial charge in [-0.25, -0.2) is 9.07 Å². The minimum absolute atomic E-state index is 0.0551. The van der Waals surface area contributed by atoms with Crippen LogP contribution in [0, 0.1) is 12.7 Å². The fraction of sp³-hybridized carbons (Fsp3) is 0.444. The molecule has 6 nitrogen and oxygen atoms in total. The highest BCUT2D eigenvalue weighted by molar-refractivity contribution is 5.77. The number of carbonyl (C=O) groups excluding carboxylic acids is 1. The van der Waals surface area contributed by atoms with Crippen LogP contribution in [0.15, 0.2) is 29.1 Å². The van der Waals surface area contributed by atoms with E-state index in [0.717, 1.165) is 12.8 Å². The number of hydrogen-bond acceptors (Lipinski definition) is 3. The standard InChI is InChI=1S/C18H22FN3O3/c1-12-15(6-7-16(24)20-18(8-9-18)10-11-23)17(25)22(21-12)14-4-2-13(19)3-5-14/h2-5,21,23H,6-11H2,1H3,(H,20,24). The average Bonchev–Trinajstić information content (AvgIpc) is 3.26. The van der Waals surface area contributed by atoms with Gasteiger partial charge in [0.25, 0.3) is 5.56 Å². The molecule has 1 amide bonds. The SMILES string of the molecule is Cc1[nH]n(-c2ccc(F)cc2)c(=O)c1CCC(=O)NC1(CCO)CC1. The summed E-state index contributed by atoms with van der Waals surface area (Å²) in [7, 11) is 0. The first kappa shape index (κ1) is 17.4. The number of aliphatic hydroxyl groups excluding tert-OH is 1. The van der Waals surface area contributed by atoms with E-state index in [1.807, 2.05) is 0 Å². The Hall–Kier alpha value is -2.41. The monoisotopic (exact) mass is 347 g/mol. The number of aromatic nitrogens is 2. The molecule has 134 valence electrons. The van der Waals surface area contributed by atoms with Gasteiger partial charge in [-0.05, 0) is 56.9 Å². The summed E-state index contributed by atoms with van der Waals surface area (Å²) in [6, 6.07) is 5.63. The number of carbonyl (C=O) groups is 1. The van der Waals surface area contributed by atoms with Gasteiger partial charge in [0.2, 0.25) is 5.91 Å². The number of aryl methyl sites for hydroxylation is 1. The molecule has 0 atom stereocenters. The van der Waals surface area contributed by atoms with E-state index >= 15 is 0 Å². The molecule has 0 radical (unpaired) electrons. The van der Waals surface area contributed by atoms with E-state index in [0.29, 0.717) is 29.8 Å². The predicted molar refractivity (Wildman–Crippen MR) is 91.2 cm³/mol. The summed E-state index contributed by atoms with van der Waals surface area (Å²) in [5, 5.41) is 15.0. The summed E-state index contributed by atoms with van der Waals surface area (Å²) in [6.45, 7) is 1.84. The van der Waals surface area contributed by atoms with Crippen LogP contribution in [0.25, 0.3) is 5.69 Å². The van der Waals surface area contributed by atoms with Gasteiger partial charge >= 0.3 is 0 Å². The molecule has 0 bridgehead atoms. The molecular formula is C18H22FN3O3. The minimum atomic E-state index is -0.367. The van der Waals surface area contributed by atoms with Gasteiger partial charge in [0.15, 0.2) is 0 Å². The molecule has 1 aromatic heterocycles. The summed E-state index contributed by atoms with van der Waals surface area (Å²) in [4.78, 5) is 24.7. The molecule has 3 N–H and O–H groups in total. The zero-order valence-corrected chi connectivity index (χ0v) is 14.1. The second kappa shape index (κ2) is 6.84. The second-order valence-electron chi connectivity index (χ2n) is 6.63. The summed E-state index contributed by atoms with van der Waals surface area (Å²) in [6.07, 6.45) is 2.89. The maximum Gasteiger partial charge on any atom is 0.274 e. The van der Waals surface area contributed by atoms with Crippen LogP contribution < -0.4 is 10.9 Å². The fourth-order valence-corrected chi connectivity index (χ4v) is 3.05. The number of rotatable bonds is 7. The van der Waals surface area contributed by atoms with E-state index in [9.17, 15) is 14.0 Å². The molecule has 0 aliphatic heterocycles. The molecule has 25 heavy (non-hydrogen) atoms. The third-order valence-electron chi connectivity index (χ3n) is 4.73. The number of halogens is 1. The van der Waals surface area contributed by atoms with E-state index in [4.69, 9.17) is 5.11 Å². The zero-order chi connectivity index (χ0) is 18.0. The van der Waals surface area contributed by atoms with Crippen molar-refractivity contribution in [2.75, 3.05) is 6.61 Å². The van der Waals surface area contributed by atoms with Crippen molar-refractivity contribution in [3.05, 3.63) is 51.7 Å². The number of benzene rings is 1. The Balaban J connectivity index is 1.68. The summed E-state index contributed by atoms with van der Waals surface area (Å²) in [5.74, 6) is -0.479. The van der Waals surface area contributed by atoms with Crippen molar-refractivity contribution in [2.24, 2.45) is 0 Å². The molecule has 0 spiro atoms. The first-order valence-corrected chi connectivity index (χ1v) is 8.42. The number of amides is 1. The molecule has 1 aliphatic carbocycles. The summed E-state index contributed by atoms with van der Waals surface area (Å²) >= 11 is 0. The lowest BCUT2D eigenvalue weighted by Crippen LogP contribution is -2.37. The van der Waals surface area contributed by atoms with Gasteiger partial charge in [0.1, 0.15) is 5.82 Å². The van der Waals surface area contributed by atoms with E-state index < -0.39 is 0 Å². The Bertz CT molecular complexity index is 819. The highest BCUT2D eigenvalue weighted by Gasteiger charge is 2.43. The van der Waals surface area contributed by atoms with Gasteiger partial charge in [-0.2, -0.15) is 0 Å². The van der Waals surface area contributed by atoms with Crippen molar-refractivity contribution >= 4 is 5.91 Å². The molecule has 1 fully saturated rings. The van der Waals surface area contributed by atoms with Crippen molar-refractivity contribution < 1.29 is 14.3 Å². The minimum Gasteiger partial charge on any atom is -0.396 e. The lowest BCUT2D eigenvalue weighted by molar-refractivity contribution is -0.122. The van der Waals surface area contributed by atoms with Crippen LogP contribution in [0.1, 0.15) is 36.9 Å². The van der Waals surface area contributed by atoms with E-state index in [1.165, 1.54) is 28.9 Å². The van der Waals surface area contributed by atoms with Crippen LogP contribution in [0.4, 0.5) is 4.39 Å². The molecule has 2 aromatic rings. The normalized spacial score (nSPS) is 15.2. The van der Waals surface area contributed by atoms with Crippen molar-refractivity contribution in [1.82, 2.24) is 15.1 Å². The lowest BCUT2D eigenvalue weighted by Gasteiger charge is -2.15. The summed E-state index contributed by atoms with van der Waals surface area (Å²) < 4.78 is 14.4. The highest BCUT2D eigenvalue weighted by atomic mass is 19.1. The Kier molecular flexibility index (Phi) is 4.76. The van der Waals surface area contributed by atoms with Crippen LogP contribution in [-0.2, 0) is 11.2 Å². The van der Waals surface area contributed by atoms with Gasteiger partial charge in [-0.1, -0.05) is 0 Å². The van der Waals surface area contributed by atoms with Gasteiger partial charge in [0.05, 0.1) is 5.69 Å². The van der Waals surface area contributed by atoms with Gasteiger partial charge in [0, 0.05) is 29.8 Å². The molecule has 1 aliphatic rings. The average molecular weight is 347 g/mol. The second-order valence-corrected chi connectivity index (χ2v) is 6.63. The molecule has 1 saturated carbocycles. The zero-order valence-electron chi connectivity index (χ0n) is 14.1. The van der Waals surface area contributed by atoms with Crippen molar-refractivity contribution in [3.63, 3.8) is 0 Å². The topological polar surface area (TPSA) is 87.1 Å². The molecule has 1 aromatic carbocycles. The van der Waals surface area contributed by atoms with Crippen molar-refractivity contribution in [3.8, 4) is 5.69 Å². The predicted octanol–water partition coefficient (Wildman–Crippen LogP) is 1.58. The number of aromatic amines is 1. The molecule has 0 saturated heterocycles. The number of H-pyrrole nitrogens is 1. The maximum absolute atomic E-state index is 13.0. The first-order chi connectivity index (χ1) is 11.9. The Morgan fingerprint density at radius 3 is 2.64 bits per heavy atom. The highest BCUT2D eigenvalue weighted by Crippen LogP contribution is 2.38. The van der Waals surface area contributed by atoms with Gasteiger partial charge < -0.3 is 10.4 Å². The van der Waals surface area contributed by atoms with Crippen LogP contribution >= 0.6 is 0 Å². The first-order valence-electron chi connectivity index (χ1n) is 8.42. The van der Waals surface area contributed by atoms with Gasteiger partial charge in [-0.15, -0.1) is 0 Å². The Labute approximate surface area is 144 Å². The number of nitrogens with zero attached hydrogens (tertiary/aromatic N) is 1. The lowest BCUT2D eigenvalue weighted by atomic mass is 10.1. The molecule has 0 unspecified atom stereocenters. The third-order valence-corrected chi connectivity index (χ3v) is 4.73. The van der Waals surface area contributed by atoms with E-state index in [1.54, 1.807) is 6.92 Å². The molecule has 7 heteroatoms. The maximum atomic E-state index is 13.0. The molecular weight excluding hydrogens is 325 g/mol. The molecule has 3 rings (SSSR count). The smallest absolute Gasteiger partial charge is 0.274 e. The molecule has 1 heterocycles. The fourth-order valence-electron chi connectivity index (χ4n) is 3.05. The number of hydrogen-bond donors (Lipinski definition) is 3.